The molecule has 0 aliphatic carbocycles. The van der Waals surface area contributed by atoms with Crippen LogP contribution in [0.3, 0.4) is 0 Å². The van der Waals surface area contributed by atoms with Crippen molar-refractivity contribution < 1.29 is 26.2 Å². The van der Waals surface area contributed by atoms with Crippen molar-refractivity contribution >= 4 is 76.8 Å². The number of benzene rings is 1. The van der Waals surface area contributed by atoms with Crippen LogP contribution in [-0.4, -0.2) is 66.4 Å². The van der Waals surface area contributed by atoms with E-state index in [4.69, 9.17) is 26.2 Å². The third-order valence-corrected chi connectivity index (χ3v) is 16.8. The second kappa shape index (κ2) is 12.1. The fraction of sp³-hybridized carbons (Fsp3) is 0.704. The van der Waals surface area contributed by atoms with Crippen LogP contribution in [-0.2, 0) is 17.4 Å². The van der Waals surface area contributed by atoms with E-state index in [0.29, 0.717) is 6.42 Å². The summed E-state index contributed by atoms with van der Waals surface area (Å²) in [5.74, 6) is 0.589. The van der Waals surface area contributed by atoms with Crippen molar-refractivity contribution in [3.05, 3.63) is 18.2 Å². The smallest absolute Gasteiger partial charge is 0.370 e. The van der Waals surface area contributed by atoms with Crippen LogP contribution < -0.4 is 19.2 Å². The molecular formula is C27H58O6Si7. The van der Waals surface area contributed by atoms with Crippen molar-refractivity contribution in [2.75, 3.05) is 0 Å². The van der Waals surface area contributed by atoms with Gasteiger partial charge in [0.2, 0.25) is 16.6 Å². The average Bonchev–Trinajstić information content (AvgIpc) is 2.64. The van der Waals surface area contributed by atoms with Gasteiger partial charge >= 0.3 is 8.56 Å². The first-order valence-corrected chi connectivity index (χ1v) is 34.7. The highest BCUT2D eigenvalue weighted by atomic mass is 28.4. The summed E-state index contributed by atoms with van der Waals surface area (Å²) in [7, 11) is -12.7. The molecule has 1 aromatic rings. The molecule has 1 atom stereocenters. The Balaban J connectivity index is 3.02. The third kappa shape index (κ3) is 10.6. The topological polar surface area (TPSA) is 55.4 Å². The summed E-state index contributed by atoms with van der Waals surface area (Å²) in [6.45, 7) is 37.5. The van der Waals surface area contributed by atoms with Gasteiger partial charge in [-0.3, -0.25) is 0 Å². The first kappa shape index (κ1) is 36.1. The Bertz CT molecular complexity index is 1050. The van der Waals surface area contributed by atoms with Crippen molar-refractivity contribution in [2.45, 2.75) is 123 Å². The van der Waals surface area contributed by atoms with E-state index in [1.807, 2.05) is 6.08 Å². The predicted molar refractivity (Wildman–Crippen MR) is 191 cm³/mol. The van der Waals surface area contributed by atoms with E-state index < -0.39 is 56.1 Å². The van der Waals surface area contributed by atoms with Crippen LogP contribution in [0.4, 0.5) is 0 Å². The monoisotopic (exact) mass is 674 g/mol. The molecule has 0 bridgehead atoms. The molecule has 0 aromatic heterocycles. The Labute approximate surface area is 254 Å². The van der Waals surface area contributed by atoms with Crippen LogP contribution in [0.5, 0.6) is 11.5 Å². The first-order chi connectivity index (χ1) is 17.7. The Morgan fingerprint density at radius 2 is 1.25 bits per heavy atom. The highest BCUT2D eigenvalue weighted by Gasteiger charge is 2.58. The molecule has 1 aliphatic rings. The van der Waals surface area contributed by atoms with Gasteiger partial charge in [0.25, 0.3) is 5.97 Å². The molecule has 40 heavy (non-hydrogen) atoms. The molecule has 1 fully saturated rings. The van der Waals surface area contributed by atoms with Gasteiger partial charge in [-0.2, -0.15) is 0 Å². The molecule has 1 unspecified atom stereocenters. The fourth-order valence-electron chi connectivity index (χ4n) is 4.88. The first-order valence-electron chi connectivity index (χ1n) is 14.7. The van der Waals surface area contributed by atoms with Gasteiger partial charge in [-0.15, -0.1) is 0 Å². The summed E-state index contributed by atoms with van der Waals surface area (Å²) in [5, 5.41) is 2.20. The van der Waals surface area contributed by atoms with Crippen molar-refractivity contribution in [3.8, 4) is 11.5 Å². The molecule has 0 N–H and O–H groups in total. The Morgan fingerprint density at radius 3 is 1.65 bits per heavy atom. The Hall–Kier alpha value is -0.0818. The predicted octanol–water partition coefficient (Wildman–Crippen LogP) is 6.42. The molecule has 1 aliphatic heterocycles. The second-order valence-electron chi connectivity index (χ2n) is 16.0. The lowest BCUT2D eigenvalue weighted by atomic mass is 10.2. The van der Waals surface area contributed by atoms with Gasteiger partial charge in [0.15, 0.2) is 25.0 Å². The normalized spacial score (nSPS) is 20.9. The van der Waals surface area contributed by atoms with Gasteiger partial charge < -0.3 is 26.2 Å². The van der Waals surface area contributed by atoms with E-state index in [1.54, 1.807) is 0 Å². The second-order valence-corrected chi connectivity index (χ2v) is 42.5. The molecule has 0 radical (unpaired) electrons. The Morgan fingerprint density at radius 1 is 0.775 bits per heavy atom. The minimum atomic E-state index is -3.19. The third-order valence-electron chi connectivity index (χ3n) is 5.67. The van der Waals surface area contributed by atoms with Gasteiger partial charge in [0.05, 0.1) is 0 Å². The molecule has 2 rings (SSSR count). The van der Waals surface area contributed by atoms with Crippen LogP contribution >= 0.6 is 0 Å². The SMILES string of the molecule is C=Cc1cc([Si]2(O[Si](C)(C)C)CCCC(O[Si](C)(C)C)(O[Si](C)(C)C)O2)c(O[Si](C)(C)C)c(O[Si](C)(C)C)c1[SiH3]. The standard InChI is InChI=1S/C27H58O6Si7/c1-17-22-21-23(24(28-35(2,3)4)25(26(22)34)29-36(5,6)7)40(33-39(14,15)16)20-18-19-27(32-40,30-37(8,9)10)31-38(11,12)13/h17,21H,1,18-20H2,2-16,34H3. The molecule has 1 heterocycles. The number of hydrogen-bond acceptors (Lipinski definition) is 6. The maximum absolute atomic E-state index is 7.40. The minimum absolute atomic E-state index is 0.695. The van der Waals surface area contributed by atoms with Crippen LogP contribution in [0.25, 0.3) is 6.08 Å². The van der Waals surface area contributed by atoms with Crippen LogP contribution in [0.15, 0.2) is 12.6 Å². The minimum Gasteiger partial charge on any atom is -0.542 e. The molecule has 230 valence electrons. The summed E-state index contributed by atoms with van der Waals surface area (Å²) >= 11 is 0. The van der Waals surface area contributed by atoms with Crippen molar-refractivity contribution in [2.24, 2.45) is 0 Å². The molecule has 13 heteroatoms. The number of hydrogen-bond donors (Lipinski definition) is 0. The van der Waals surface area contributed by atoms with Gasteiger partial charge in [-0.05, 0) is 127 Å². The zero-order chi connectivity index (χ0) is 31.2. The van der Waals surface area contributed by atoms with E-state index in [2.05, 4.69) is 111 Å². The van der Waals surface area contributed by atoms with Crippen LogP contribution in [0.2, 0.25) is 104 Å². The summed E-state index contributed by atoms with van der Waals surface area (Å²) < 4.78 is 42.4. The lowest BCUT2D eigenvalue weighted by Gasteiger charge is -2.51. The highest BCUT2D eigenvalue weighted by Crippen LogP contribution is 2.43. The van der Waals surface area contributed by atoms with Crippen LogP contribution in [0.1, 0.15) is 18.4 Å². The zero-order valence-electron chi connectivity index (χ0n) is 28.4. The van der Waals surface area contributed by atoms with Crippen molar-refractivity contribution in [1.29, 1.82) is 0 Å². The van der Waals surface area contributed by atoms with Gasteiger partial charge in [-0.25, -0.2) is 0 Å². The van der Waals surface area contributed by atoms with E-state index in [1.165, 1.54) is 5.19 Å². The average molecular weight is 675 g/mol. The molecular weight excluding hydrogens is 617 g/mol. The molecule has 0 saturated carbocycles. The zero-order valence-corrected chi connectivity index (χ0v) is 36.4. The van der Waals surface area contributed by atoms with E-state index in [0.717, 1.165) is 45.0 Å². The summed E-state index contributed by atoms with van der Waals surface area (Å²) in [5.41, 5.74) is 1.08. The maximum Gasteiger partial charge on any atom is 0.370 e. The van der Waals surface area contributed by atoms with Gasteiger partial charge in [-0.1, -0.05) is 12.7 Å². The lowest BCUT2D eigenvalue weighted by molar-refractivity contribution is -0.284. The highest BCUT2D eigenvalue weighted by molar-refractivity contribution is 6.90. The largest absolute Gasteiger partial charge is 0.542 e. The van der Waals surface area contributed by atoms with Gasteiger partial charge in [0.1, 0.15) is 11.5 Å². The molecule has 1 aromatic carbocycles. The summed E-state index contributed by atoms with van der Waals surface area (Å²) in [4.78, 5) is 0. The van der Waals surface area contributed by atoms with Gasteiger partial charge in [0, 0.05) is 21.9 Å². The Kier molecular flexibility index (Phi) is 11.0. The van der Waals surface area contributed by atoms with Crippen LogP contribution in [0, 0.1) is 0 Å². The molecule has 0 spiro atoms. The molecule has 0 amide bonds. The lowest BCUT2D eigenvalue weighted by Crippen LogP contribution is -2.68. The summed E-state index contributed by atoms with van der Waals surface area (Å²) in [6, 6.07) is 3.06. The fourth-order valence-corrected chi connectivity index (χ4v) is 17.7. The van der Waals surface area contributed by atoms with Crippen molar-refractivity contribution in [3.63, 3.8) is 0 Å². The molecule has 6 nitrogen and oxygen atoms in total. The quantitative estimate of drug-likeness (QED) is 0.189. The van der Waals surface area contributed by atoms with E-state index in [-0.39, 0.29) is 0 Å². The van der Waals surface area contributed by atoms with E-state index >= 15 is 0 Å². The summed E-state index contributed by atoms with van der Waals surface area (Å²) in [6.07, 6.45) is 3.54. The number of rotatable bonds is 12. The van der Waals surface area contributed by atoms with E-state index in [9.17, 15) is 0 Å². The molecule has 1 saturated heterocycles. The van der Waals surface area contributed by atoms with Crippen molar-refractivity contribution in [1.82, 2.24) is 0 Å². The maximum atomic E-state index is 7.40.